The Morgan fingerprint density at radius 1 is 1.50 bits per heavy atom. The molecule has 0 aliphatic carbocycles. The molecule has 0 aliphatic rings. The van der Waals surface area contributed by atoms with Gasteiger partial charge in [0, 0.05) is 5.57 Å². The first-order valence-corrected chi connectivity index (χ1v) is 5.01. The summed E-state index contributed by atoms with van der Waals surface area (Å²) in [5.74, 6) is -0.435. The van der Waals surface area contributed by atoms with Crippen LogP contribution < -0.4 is 35.3 Å². The van der Waals surface area contributed by atoms with Crippen molar-refractivity contribution in [2.75, 3.05) is 0 Å². The van der Waals surface area contributed by atoms with Crippen molar-refractivity contribution in [3.8, 4) is 0 Å². The third-order valence-electron chi connectivity index (χ3n) is 1.02. The van der Waals surface area contributed by atoms with Crippen molar-refractivity contribution in [2.24, 2.45) is 5.73 Å². The van der Waals surface area contributed by atoms with Gasteiger partial charge in [0.15, 0.2) is 0 Å². The Morgan fingerprint density at radius 3 is 1.64 bits per heavy atom. The second-order valence-electron chi connectivity index (χ2n) is 2.71. The number of nitrogens with two attached hydrogens (primary N) is 1. The molecule has 0 bridgehead atoms. The zero-order valence-corrected chi connectivity index (χ0v) is 11.8. The molecule has 7 heteroatoms. The van der Waals surface area contributed by atoms with Crippen LogP contribution in [-0.4, -0.2) is 24.1 Å². The molecule has 0 aromatic rings. The van der Waals surface area contributed by atoms with Crippen molar-refractivity contribution in [2.45, 2.75) is 26.0 Å². The fourth-order valence-electron chi connectivity index (χ4n) is 0. The smallest absolute Gasteiger partial charge is 1.00 e. The molecule has 0 unspecified atom stereocenters. The minimum Gasteiger partial charge on any atom is -1.00 e. The number of carbonyl (C=O) groups excluding carboxylic acids is 1. The predicted molar refractivity (Wildman–Crippen MR) is 51.8 cm³/mol. The number of amides is 1. The van der Waals surface area contributed by atoms with Gasteiger partial charge >= 0.3 is 29.6 Å². The number of carbonyl (C=O) groups is 1. The van der Waals surface area contributed by atoms with Crippen LogP contribution in [0.25, 0.3) is 0 Å². The molecule has 0 aromatic heterocycles. The number of hydrogen-bond acceptors (Lipinski definition) is 3. The monoisotopic (exact) mass is 233 g/mol. The number of primary amides is 1. The van der Waals surface area contributed by atoms with Crippen molar-refractivity contribution >= 4 is 16.0 Å². The molecular weight excluding hydrogens is 217 g/mol. The van der Waals surface area contributed by atoms with E-state index in [0.717, 1.165) is 0 Å². The Hall–Kier alpha value is 0.120. The molecule has 80 valence electrons. The molecule has 0 heterocycles. The third kappa shape index (κ3) is 14.6. The van der Waals surface area contributed by atoms with Gasteiger partial charge in [-0.2, -0.15) is 8.42 Å². The molecule has 0 fully saturated rings. The molecule has 0 saturated carbocycles. The maximum Gasteiger partial charge on any atom is 1.00 e. The fraction of sp³-hybridized carbons (Fsp3) is 0.571. The van der Waals surface area contributed by atoms with E-state index in [4.69, 9.17) is 10.3 Å². The van der Waals surface area contributed by atoms with E-state index in [1.54, 1.807) is 6.92 Å². The molecule has 0 aromatic carbocycles. The summed E-state index contributed by atoms with van der Waals surface area (Å²) in [5.41, 5.74) is 5.09. The van der Waals surface area contributed by atoms with E-state index in [0.29, 0.717) is 5.57 Å². The van der Waals surface area contributed by atoms with Gasteiger partial charge in [0.1, 0.15) is 0 Å². The molecular formula is C7H16NNaO4S. The van der Waals surface area contributed by atoms with E-state index in [1.807, 2.05) is 0 Å². The van der Waals surface area contributed by atoms with Gasteiger partial charge in [0.05, 0.1) is 5.25 Å². The quantitative estimate of drug-likeness (QED) is 0.311. The van der Waals surface area contributed by atoms with Gasteiger partial charge in [-0.05, 0) is 20.8 Å². The molecule has 14 heavy (non-hydrogen) atoms. The van der Waals surface area contributed by atoms with Gasteiger partial charge < -0.3 is 7.16 Å². The number of rotatable bonds is 2. The number of hydrogen-bond donors (Lipinski definition) is 2. The van der Waals surface area contributed by atoms with E-state index in [9.17, 15) is 13.2 Å². The summed E-state index contributed by atoms with van der Waals surface area (Å²) in [5, 5.41) is -0.674. The Balaban J connectivity index is -0.0000000718. The van der Waals surface area contributed by atoms with Gasteiger partial charge in [-0.3, -0.25) is 9.35 Å². The first-order valence-electron chi connectivity index (χ1n) is 3.50. The van der Waals surface area contributed by atoms with E-state index < -0.39 is 21.3 Å². The summed E-state index contributed by atoms with van der Waals surface area (Å²) in [4.78, 5) is 9.82. The zero-order valence-electron chi connectivity index (χ0n) is 9.94. The summed E-state index contributed by atoms with van der Waals surface area (Å²) in [6.07, 6.45) is 0. The summed E-state index contributed by atoms with van der Waals surface area (Å²) in [6.45, 7) is 7.68. The summed E-state index contributed by atoms with van der Waals surface area (Å²) >= 11 is 0. The minimum atomic E-state index is -3.74. The van der Waals surface area contributed by atoms with Gasteiger partial charge in [-0.25, -0.2) is 0 Å². The molecule has 1 amide bonds. The van der Waals surface area contributed by atoms with E-state index in [2.05, 4.69) is 6.58 Å². The molecule has 0 rings (SSSR count). The van der Waals surface area contributed by atoms with Crippen molar-refractivity contribution in [1.29, 1.82) is 0 Å². The van der Waals surface area contributed by atoms with Crippen LogP contribution in [0.1, 0.15) is 22.2 Å². The van der Waals surface area contributed by atoms with Gasteiger partial charge in [0.2, 0.25) is 5.91 Å². The van der Waals surface area contributed by atoms with E-state index in [1.165, 1.54) is 13.8 Å². The third-order valence-corrected chi connectivity index (χ3v) is 2.21. The SMILES string of the molecule is C=C(C)C(N)=O.CC(C)S(=O)(=O)O.[H-].[Na+]. The molecule has 0 atom stereocenters. The van der Waals surface area contributed by atoms with E-state index >= 15 is 0 Å². The normalized spacial score (nSPS) is 9.50. The molecule has 0 aliphatic heterocycles. The molecule has 0 spiro atoms. The van der Waals surface area contributed by atoms with Crippen LogP contribution in [0.15, 0.2) is 12.2 Å². The van der Waals surface area contributed by atoms with Crippen LogP contribution in [0, 0.1) is 0 Å². The van der Waals surface area contributed by atoms with Crippen molar-refractivity contribution in [1.82, 2.24) is 0 Å². The van der Waals surface area contributed by atoms with E-state index in [-0.39, 0.29) is 31.0 Å². The Labute approximate surface area is 108 Å². The second-order valence-corrected chi connectivity index (χ2v) is 4.68. The average molecular weight is 233 g/mol. The van der Waals surface area contributed by atoms with Gasteiger partial charge in [-0.1, -0.05) is 6.58 Å². The predicted octanol–water partition coefficient (Wildman–Crippen LogP) is -2.55. The Kier molecular flexibility index (Phi) is 11.8. The van der Waals surface area contributed by atoms with Crippen LogP contribution >= 0.6 is 0 Å². The van der Waals surface area contributed by atoms with Crippen LogP contribution in [-0.2, 0) is 14.9 Å². The minimum absolute atomic E-state index is 0. The van der Waals surface area contributed by atoms with Gasteiger partial charge in [0.25, 0.3) is 10.1 Å². The fourth-order valence-corrected chi connectivity index (χ4v) is 0. The van der Waals surface area contributed by atoms with Crippen LogP contribution in [0.2, 0.25) is 0 Å². The van der Waals surface area contributed by atoms with Gasteiger partial charge in [-0.15, -0.1) is 0 Å². The maximum atomic E-state index is 9.89. The van der Waals surface area contributed by atoms with Crippen molar-refractivity contribution < 1.29 is 48.7 Å². The standard InChI is InChI=1S/C4H7NO.C3H8O3S.Na.H/c1-3(2)4(5)6;1-3(2)7(4,5)6;;/h1H2,2H3,(H2,5,6);3H,1-2H3,(H,4,5,6);;/q;;+1;-1. The van der Waals surface area contributed by atoms with Crippen LogP contribution in [0.4, 0.5) is 0 Å². The molecule has 5 nitrogen and oxygen atoms in total. The zero-order chi connectivity index (χ0) is 11.2. The molecule has 0 radical (unpaired) electrons. The Bertz CT molecular complexity index is 277. The van der Waals surface area contributed by atoms with Crippen molar-refractivity contribution in [3.05, 3.63) is 12.2 Å². The first kappa shape index (κ1) is 19.7. The second kappa shape index (κ2) is 8.43. The maximum absolute atomic E-state index is 9.89. The largest absolute Gasteiger partial charge is 1.00 e. The summed E-state index contributed by atoms with van der Waals surface area (Å²) in [7, 11) is -3.74. The average Bonchev–Trinajstić information content (AvgIpc) is 1.86. The summed E-state index contributed by atoms with van der Waals surface area (Å²) in [6, 6.07) is 0. The topological polar surface area (TPSA) is 97.5 Å². The Morgan fingerprint density at radius 2 is 1.64 bits per heavy atom. The first-order chi connectivity index (χ1) is 5.59. The van der Waals surface area contributed by atoms with Crippen LogP contribution in [0.3, 0.4) is 0 Å². The summed E-state index contributed by atoms with van der Waals surface area (Å²) < 4.78 is 27.8. The van der Waals surface area contributed by atoms with Crippen LogP contribution in [0.5, 0.6) is 0 Å². The van der Waals surface area contributed by atoms with Crippen molar-refractivity contribution in [3.63, 3.8) is 0 Å². The molecule has 3 N–H and O–H groups in total. The molecule has 0 saturated heterocycles.